The van der Waals surface area contributed by atoms with Crippen LogP contribution in [0.2, 0.25) is 0 Å². The Balaban J connectivity index is 0.000000253. The van der Waals surface area contributed by atoms with Gasteiger partial charge < -0.3 is 4.98 Å². The number of hydrogen-bond acceptors (Lipinski definition) is 0. The first-order valence-corrected chi connectivity index (χ1v) is 7.07. The van der Waals surface area contributed by atoms with Gasteiger partial charge in [0.25, 0.3) is 0 Å². The summed E-state index contributed by atoms with van der Waals surface area (Å²) >= 11 is 0. The van der Waals surface area contributed by atoms with Gasteiger partial charge in [-0.05, 0) is 17.5 Å². The number of aromatic amines is 1. The first kappa shape index (κ1) is 16.1. The Morgan fingerprint density at radius 1 is 0.773 bits per heavy atom. The van der Waals surface area contributed by atoms with Crippen molar-refractivity contribution in [1.29, 1.82) is 0 Å². The Morgan fingerprint density at radius 3 is 2.05 bits per heavy atom. The third-order valence-electron chi connectivity index (χ3n) is 3.34. The van der Waals surface area contributed by atoms with Crippen LogP contribution >= 0.6 is 0 Å². The molecule has 0 atom stereocenters. The standard InChI is InChI=1S/C15H12N.C5H5.Fe/c1-2-8-13(9-3-1)15-14(10-11-16-15)12-6-4-5-7-12;1-2-4-5-3-1;/h1-11,16H;1-5H;/q2*-1;+2. The number of rotatable bonds is 2. The molecule has 3 aromatic carbocycles. The molecule has 0 spiro atoms. The predicted molar refractivity (Wildman–Crippen MR) is 89.3 cm³/mol. The van der Waals surface area contributed by atoms with Gasteiger partial charge in [-0.1, -0.05) is 41.5 Å². The molecule has 0 saturated carbocycles. The summed E-state index contributed by atoms with van der Waals surface area (Å²) in [6, 6.07) is 30.9. The SMILES string of the molecule is [Fe+2].c1cc[cH-]c1.c1ccc(-c2[nH]ccc2-[c-]2cccc2)cc1. The molecule has 110 valence electrons. The molecule has 1 heterocycles. The molecular formula is C20H17FeN. The van der Waals surface area contributed by atoms with E-state index in [1.54, 1.807) is 0 Å². The topological polar surface area (TPSA) is 15.8 Å². The zero-order valence-electron chi connectivity index (χ0n) is 12.1. The fraction of sp³-hybridized carbons (Fsp3) is 0. The molecule has 1 N–H and O–H groups in total. The smallest absolute Gasteiger partial charge is 0.398 e. The number of nitrogens with one attached hydrogen (secondary N) is 1. The fourth-order valence-corrected chi connectivity index (χ4v) is 2.33. The van der Waals surface area contributed by atoms with Crippen LogP contribution in [0.25, 0.3) is 22.4 Å². The maximum atomic E-state index is 3.31. The summed E-state index contributed by atoms with van der Waals surface area (Å²) in [5.74, 6) is 0. The van der Waals surface area contributed by atoms with E-state index >= 15 is 0 Å². The van der Waals surface area contributed by atoms with Crippen molar-refractivity contribution in [3.05, 3.63) is 97.2 Å². The van der Waals surface area contributed by atoms with Gasteiger partial charge >= 0.3 is 17.1 Å². The quantitative estimate of drug-likeness (QED) is 0.371. The van der Waals surface area contributed by atoms with Crippen LogP contribution in [0.1, 0.15) is 0 Å². The molecule has 0 bridgehead atoms. The summed E-state index contributed by atoms with van der Waals surface area (Å²) in [6.07, 6.45) is 1.99. The van der Waals surface area contributed by atoms with E-state index in [1.807, 2.05) is 42.6 Å². The second kappa shape index (κ2) is 8.23. The molecule has 0 radical (unpaired) electrons. The minimum Gasteiger partial charge on any atom is -0.398 e. The maximum Gasteiger partial charge on any atom is 2.00 e. The van der Waals surface area contributed by atoms with Crippen molar-refractivity contribution in [3.63, 3.8) is 0 Å². The summed E-state index contributed by atoms with van der Waals surface area (Å²) in [4.78, 5) is 3.31. The van der Waals surface area contributed by atoms with Crippen LogP contribution in [-0.2, 0) is 17.1 Å². The van der Waals surface area contributed by atoms with E-state index in [4.69, 9.17) is 0 Å². The Morgan fingerprint density at radius 2 is 1.45 bits per heavy atom. The maximum absolute atomic E-state index is 3.31. The van der Waals surface area contributed by atoms with Crippen LogP contribution in [0, 0.1) is 0 Å². The van der Waals surface area contributed by atoms with Crippen molar-refractivity contribution >= 4 is 0 Å². The van der Waals surface area contributed by atoms with Crippen molar-refractivity contribution in [2.75, 3.05) is 0 Å². The van der Waals surface area contributed by atoms with Gasteiger partial charge in [0.05, 0.1) is 0 Å². The van der Waals surface area contributed by atoms with Gasteiger partial charge in [0.1, 0.15) is 0 Å². The van der Waals surface area contributed by atoms with Crippen molar-refractivity contribution < 1.29 is 17.1 Å². The first-order chi connectivity index (χ1) is 10.4. The van der Waals surface area contributed by atoms with E-state index in [9.17, 15) is 0 Å². The summed E-state index contributed by atoms with van der Waals surface area (Å²) < 4.78 is 0. The van der Waals surface area contributed by atoms with Gasteiger partial charge in [-0.2, -0.15) is 30.3 Å². The molecule has 1 nitrogen and oxygen atoms in total. The van der Waals surface area contributed by atoms with Crippen LogP contribution in [-0.4, -0.2) is 4.98 Å². The van der Waals surface area contributed by atoms with Gasteiger partial charge in [-0.25, -0.2) is 12.1 Å². The molecule has 4 aromatic rings. The zero-order chi connectivity index (χ0) is 14.3. The Hall–Kier alpha value is -2.28. The van der Waals surface area contributed by atoms with E-state index < -0.39 is 0 Å². The molecule has 0 aliphatic carbocycles. The third kappa shape index (κ3) is 3.88. The average Bonchev–Trinajstić information content (AvgIpc) is 3.29. The van der Waals surface area contributed by atoms with Crippen LogP contribution in [0.15, 0.2) is 97.2 Å². The van der Waals surface area contributed by atoms with Crippen LogP contribution in [0.5, 0.6) is 0 Å². The minimum absolute atomic E-state index is 0. The molecule has 0 aliphatic heterocycles. The molecule has 0 amide bonds. The van der Waals surface area contributed by atoms with Gasteiger partial charge in [0.15, 0.2) is 0 Å². The van der Waals surface area contributed by atoms with Crippen LogP contribution < -0.4 is 0 Å². The van der Waals surface area contributed by atoms with E-state index in [0.717, 1.165) is 0 Å². The molecule has 2 heteroatoms. The van der Waals surface area contributed by atoms with Crippen molar-refractivity contribution in [2.24, 2.45) is 0 Å². The monoisotopic (exact) mass is 327 g/mol. The summed E-state index contributed by atoms with van der Waals surface area (Å²) in [7, 11) is 0. The molecular weight excluding hydrogens is 310 g/mol. The Kier molecular flexibility index (Phi) is 6.02. The van der Waals surface area contributed by atoms with Gasteiger partial charge in [-0.15, -0.1) is 18.2 Å². The molecule has 0 unspecified atom stereocenters. The summed E-state index contributed by atoms with van der Waals surface area (Å²) in [6.45, 7) is 0. The predicted octanol–water partition coefficient (Wildman–Crippen LogP) is 5.47. The number of H-pyrrole nitrogens is 1. The van der Waals surface area contributed by atoms with Crippen molar-refractivity contribution in [2.45, 2.75) is 0 Å². The first-order valence-electron chi connectivity index (χ1n) is 7.07. The van der Waals surface area contributed by atoms with Gasteiger partial charge in [0, 0.05) is 0 Å². The average molecular weight is 327 g/mol. The molecule has 0 saturated heterocycles. The van der Waals surface area contributed by atoms with Crippen molar-refractivity contribution in [1.82, 2.24) is 4.98 Å². The van der Waals surface area contributed by atoms with E-state index in [-0.39, 0.29) is 17.1 Å². The minimum atomic E-state index is 0. The van der Waals surface area contributed by atoms with E-state index in [0.29, 0.717) is 0 Å². The summed E-state index contributed by atoms with van der Waals surface area (Å²) in [5, 5.41) is 0. The Bertz CT molecular complexity index is 717. The second-order valence-corrected chi connectivity index (χ2v) is 4.77. The molecule has 0 fully saturated rings. The summed E-state index contributed by atoms with van der Waals surface area (Å²) in [5.41, 5.74) is 4.94. The normalized spacial score (nSPS) is 9.45. The molecule has 4 rings (SSSR count). The van der Waals surface area contributed by atoms with Crippen LogP contribution in [0.4, 0.5) is 0 Å². The third-order valence-corrected chi connectivity index (χ3v) is 3.34. The van der Waals surface area contributed by atoms with Crippen molar-refractivity contribution in [3.8, 4) is 22.4 Å². The largest absolute Gasteiger partial charge is 2.00 e. The zero-order valence-corrected chi connectivity index (χ0v) is 13.2. The van der Waals surface area contributed by atoms with Gasteiger partial charge in [-0.3, -0.25) is 0 Å². The van der Waals surface area contributed by atoms with Gasteiger partial charge in [0.2, 0.25) is 0 Å². The van der Waals surface area contributed by atoms with Crippen LogP contribution in [0.3, 0.4) is 0 Å². The molecule has 0 aliphatic rings. The van der Waals surface area contributed by atoms with E-state index in [2.05, 4.69) is 59.6 Å². The fourth-order valence-electron chi connectivity index (χ4n) is 2.33. The molecule has 1 aromatic heterocycles. The number of hydrogen-bond donors (Lipinski definition) is 1. The van der Waals surface area contributed by atoms with E-state index in [1.165, 1.54) is 22.4 Å². The number of benzene rings is 1. The number of aromatic nitrogens is 1. The molecule has 22 heavy (non-hydrogen) atoms. The second-order valence-electron chi connectivity index (χ2n) is 4.77. The Labute approximate surface area is 141 Å².